The van der Waals surface area contributed by atoms with E-state index in [2.05, 4.69) is 10.2 Å². The molecule has 2 rings (SSSR count). The van der Waals surface area contributed by atoms with Crippen molar-refractivity contribution >= 4 is 29.4 Å². The molecule has 0 aliphatic heterocycles. The van der Waals surface area contributed by atoms with E-state index < -0.39 is 11.7 Å². The van der Waals surface area contributed by atoms with Crippen LogP contribution in [0.25, 0.3) is 0 Å². The second kappa shape index (κ2) is 5.30. The van der Waals surface area contributed by atoms with E-state index in [9.17, 15) is 18.0 Å². The Balaban J connectivity index is 2.35. The van der Waals surface area contributed by atoms with Crippen LogP contribution >= 0.6 is 23.1 Å². The quantitative estimate of drug-likeness (QED) is 0.808. The van der Waals surface area contributed by atoms with Gasteiger partial charge in [0.05, 0.1) is 5.56 Å². The number of carbonyl (C=O) groups excluding carboxylic acids is 1. The Bertz CT molecular complexity index is 610. The van der Waals surface area contributed by atoms with Gasteiger partial charge in [-0.05, 0) is 25.1 Å². The van der Waals surface area contributed by atoms with Crippen molar-refractivity contribution in [2.24, 2.45) is 0 Å². The third-order valence-electron chi connectivity index (χ3n) is 2.17. The van der Waals surface area contributed by atoms with E-state index in [1.165, 1.54) is 17.4 Å². The average Bonchev–Trinajstić information content (AvgIpc) is 2.73. The van der Waals surface area contributed by atoms with Crippen molar-refractivity contribution in [3.05, 3.63) is 34.3 Å². The number of alkyl halides is 3. The minimum absolute atomic E-state index is 0.201. The largest absolute Gasteiger partial charge is 0.417 e. The number of aromatic nitrogens is 2. The second-order valence-electron chi connectivity index (χ2n) is 3.55. The zero-order chi connectivity index (χ0) is 14.0. The molecule has 8 heteroatoms. The normalized spacial score (nSPS) is 11.6. The third kappa shape index (κ3) is 3.32. The molecule has 0 saturated heterocycles. The first-order valence-electron chi connectivity index (χ1n) is 5.04. The summed E-state index contributed by atoms with van der Waals surface area (Å²) >= 11 is 2.38. The lowest BCUT2D eigenvalue weighted by atomic mass is 10.1. The van der Waals surface area contributed by atoms with Crippen LogP contribution in [0.5, 0.6) is 0 Å². The molecule has 2 aromatic rings. The highest BCUT2D eigenvalue weighted by molar-refractivity contribution is 8.01. The number of nitrogens with zero attached hydrogens (tertiary/aromatic N) is 2. The highest BCUT2D eigenvalue weighted by atomic mass is 32.2. The van der Waals surface area contributed by atoms with Crippen LogP contribution in [0.3, 0.4) is 0 Å². The maximum Gasteiger partial charge on any atom is 0.417 e. The Labute approximate surface area is 114 Å². The van der Waals surface area contributed by atoms with Crippen LogP contribution in [0.15, 0.2) is 27.4 Å². The predicted molar refractivity (Wildman–Crippen MR) is 65.6 cm³/mol. The van der Waals surface area contributed by atoms with E-state index in [0.29, 0.717) is 9.24 Å². The summed E-state index contributed by atoms with van der Waals surface area (Å²) in [7, 11) is 0. The van der Waals surface area contributed by atoms with Crippen LogP contribution in [-0.4, -0.2) is 16.5 Å². The first kappa shape index (κ1) is 14.0. The van der Waals surface area contributed by atoms with E-state index in [4.69, 9.17) is 0 Å². The number of aldehydes is 1. The van der Waals surface area contributed by atoms with E-state index in [-0.39, 0.29) is 11.8 Å². The fourth-order valence-corrected chi connectivity index (χ4v) is 3.20. The van der Waals surface area contributed by atoms with Gasteiger partial charge in [-0.3, -0.25) is 4.79 Å². The standard InChI is InChI=1S/C11H7F3N2OS2/c1-6-15-16-10(18-6)19-8-3-2-7(5-17)9(4-8)11(12,13)14/h2-5H,1H3. The summed E-state index contributed by atoms with van der Waals surface area (Å²) in [5.41, 5.74) is -1.31. The summed E-state index contributed by atoms with van der Waals surface area (Å²) in [5, 5.41) is 8.35. The Morgan fingerprint density at radius 3 is 2.58 bits per heavy atom. The molecule has 1 aromatic heterocycles. The van der Waals surface area contributed by atoms with Gasteiger partial charge in [-0.1, -0.05) is 23.1 Å². The van der Waals surface area contributed by atoms with E-state index in [0.717, 1.165) is 28.9 Å². The van der Waals surface area contributed by atoms with E-state index >= 15 is 0 Å². The Kier molecular flexibility index (Phi) is 3.91. The van der Waals surface area contributed by atoms with Gasteiger partial charge in [0.2, 0.25) is 0 Å². The fraction of sp³-hybridized carbons (Fsp3) is 0.182. The van der Waals surface area contributed by atoms with Gasteiger partial charge < -0.3 is 0 Å². The smallest absolute Gasteiger partial charge is 0.298 e. The third-order valence-corrected chi connectivity index (χ3v) is 4.05. The minimum Gasteiger partial charge on any atom is -0.298 e. The molecule has 0 saturated carbocycles. The molecule has 0 radical (unpaired) electrons. The van der Waals surface area contributed by atoms with Crippen molar-refractivity contribution in [1.29, 1.82) is 0 Å². The summed E-state index contributed by atoms with van der Waals surface area (Å²) < 4.78 is 38.9. The number of rotatable bonds is 3. The molecule has 0 unspecified atom stereocenters. The Morgan fingerprint density at radius 1 is 1.32 bits per heavy atom. The molecule has 1 heterocycles. The number of hydrogen-bond donors (Lipinski definition) is 0. The van der Waals surface area contributed by atoms with Gasteiger partial charge in [-0.2, -0.15) is 13.2 Å². The van der Waals surface area contributed by atoms with Crippen LogP contribution in [0.2, 0.25) is 0 Å². The number of benzene rings is 1. The first-order valence-corrected chi connectivity index (χ1v) is 6.68. The van der Waals surface area contributed by atoms with Gasteiger partial charge in [-0.15, -0.1) is 10.2 Å². The molecule has 0 spiro atoms. The zero-order valence-electron chi connectivity index (χ0n) is 9.56. The molecule has 1 aromatic carbocycles. The Hall–Kier alpha value is -1.41. The molecular weight excluding hydrogens is 297 g/mol. The maximum atomic E-state index is 12.8. The zero-order valence-corrected chi connectivity index (χ0v) is 11.2. The molecule has 0 aliphatic rings. The van der Waals surface area contributed by atoms with Gasteiger partial charge in [0, 0.05) is 10.5 Å². The van der Waals surface area contributed by atoms with Crippen LogP contribution in [0.1, 0.15) is 20.9 Å². The molecule has 0 bridgehead atoms. The summed E-state index contributed by atoms with van der Waals surface area (Å²) in [4.78, 5) is 11.0. The van der Waals surface area contributed by atoms with Crippen LogP contribution < -0.4 is 0 Å². The molecule has 3 nitrogen and oxygen atoms in total. The molecule has 0 fully saturated rings. The molecule has 0 atom stereocenters. The number of carbonyl (C=O) groups is 1. The minimum atomic E-state index is -4.55. The lowest BCUT2D eigenvalue weighted by Gasteiger charge is -2.10. The van der Waals surface area contributed by atoms with Crippen molar-refractivity contribution < 1.29 is 18.0 Å². The van der Waals surface area contributed by atoms with Crippen LogP contribution in [0, 0.1) is 6.92 Å². The number of halogens is 3. The summed E-state index contributed by atoms with van der Waals surface area (Å²) in [6, 6.07) is 3.57. The van der Waals surface area contributed by atoms with Crippen molar-refractivity contribution in [1.82, 2.24) is 10.2 Å². The lowest BCUT2D eigenvalue weighted by molar-refractivity contribution is -0.138. The van der Waals surface area contributed by atoms with Crippen molar-refractivity contribution in [2.45, 2.75) is 22.3 Å². The summed E-state index contributed by atoms with van der Waals surface area (Å²) in [6.07, 6.45) is -4.35. The lowest BCUT2D eigenvalue weighted by Crippen LogP contribution is -2.08. The van der Waals surface area contributed by atoms with Crippen LogP contribution in [0.4, 0.5) is 13.2 Å². The molecule has 0 amide bonds. The predicted octanol–water partition coefficient (Wildman–Crippen LogP) is 3.83. The SMILES string of the molecule is Cc1nnc(Sc2ccc(C=O)c(C(F)(F)F)c2)s1. The molecule has 0 aliphatic carbocycles. The van der Waals surface area contributed by atoms with Gasteiger partial charge in [-0.25, -0.2) is 0 Å². The van der Waals surface area contributed by atoms with Gasteiger partial charge in [0.1, 0.15) is 5.01 Å². The monoisotopic (exact) mass is 304 g/mol. The summed E-state index contributed by atoms with van der Waals surface area (Å²) in [5.74, 6) is 0. The maximum absolute atomic E-state index is 12.8. The van der Waals surface area contributed by atoms with Gasteiger partial charge in [0.25, 0.3) is 0 Å². The topological polar surface area (TPSA) is 42.9 Å². The number of hydrogen-bond acceptors (Lipinski definition) is 5. The Morgan fingerprint density at radius 2 is 2.05 bits per heavy atom. The highest BCUT2D eigenvalue weighted by Gasteiger charge is 2.33. The van der Waals surface area contributed by atoms with Gasteiger partial charge >= 0.3 is 6.18 Å². The highest BCUT2D eigenvalue weighted by Crippen LogP contribution is 2.36. The fourth-order valence-electron chi connectivity index (χ4n) is 1.37. The molecule has 19 heavy (non-hydrogen) atoms. The number of aryl methyl sites for hydroxylation is 1. The second-order valence-corrected chi connectivity index (χ2v) is 6.06. The van der Waals surface area contributed by atoms with Crippen molar-refractivity contribution in [3.63, 3.8) is 0 Å². The van der Waals surface area contributed by atoms with Crippen molar-refractivity contribution in [2.75, 3.05) is 0 Å². The van der Waals surface area contributed by atoms with Crippen LogP contribution in [-0.2, 0) is 6.18 Å². The van der Waals surface area contributed by atoms with Crippen molar-refractivity contribution in [3.8, 4) is 0 Å². The molecular formula is C11H7F3N2OS2. The molecule has 100 valence electrons. The molecule has 0 N–H and O–H groups in total. The average molecular weight is 304 g/mol. The van der Waals surface area contributed by atoms with E-state index in [1.807, 2.05) is 0 Å². The summed E-state index contributed by atoms with van der Waals surface area (Å²) in [6.45, 7) is 1.76. The van der Waals surface area contributed by atoms with Gasteiger partial charge in [0.15, 0.2) is 10.6 Å². The van der Waals surface area contributed by atoms with E-state index in [1.54, 1.807) is 6.92 Å². The first-order chi connectivity index (χ1) is 8.90.